The molecule has 2 aliphatic heterocycles. The normalized spacial score (nSPS) is 27.0. The number of carbonyl (C=O) groups is 2. The average Bonchev–Trinajstić information content (AvgIpc) is 2.48. The molecule has 0 radical (unpaired) electrons. The summed E-state index contributed by atoms with van der Waals surface area (Å²) in [4.78, 5) is 27.8. The van der Waals surface area contributed by atoms with E-state index in [-0.39, 0.29) is 5.91 Å². The van der Waals surface area contributed by atoms with Gasteiger partial charge in [0.05, 0.1) is 18.8 Å². The summed E-state index contributed by atoms with van der Waals surface area (Å²) in [5.74, 6) is 0.459. The fourth-order valence-corrected chi connectivity index (χ4v) is 3.70. The van der Waals surface area contributed by atoms with Crippen molar-refractivity contribution in [2.75, 3.05) is 45.8 Å². The molecule has 0 spiro atoms. The van der Waals surface area contributed by atoms with Gasteiger partial charge in [0, 0.05) is 26.2 Å². The first kappa shape index (κ1) is 19.1. The van der Waals surface area contributed by atoms with E-state index in [1.54, 1.807) is 0 Å². The zero-order valence-electron chi connectivity index (χ0n) is 15.2. The van der Waals surface area contributed by atoms with Gasteiger partial charge >= 0.3 is 6.03 Å². The second-order valence-electron chi connectivity index (χ2n) is 7.10. The Morgan fingerprint density at radius 2 is 1.71 bits per heavy atom. The quantitative estimate of drug-likeness (QED) is 0.769. The van der Waals surface area contributed by atoms with Gasteiger partial charge in [0.2, 0.25) is 5.91 Å². The maximum Gasteiger partial charge on any atom is 0.321 e. The third kappa shape index (κ3) is 6.37. The number of likely N-dealkylation sites (tertiary alicyclic amines) is 1. The highest BCUT2D eigenvalue weighted by molar-refractivity contribution is 5.95. The molecule has 3 amide bonds. The van der Waals surface area contributed by atoms with Crippen molar-refractivity contribution in [2.24, 2.45) is 5.92 Å². The second-order valence-corrected chi connectivity index (χ2v) is 7.10. The van der Waals surface area contributed by atoms with Gasteiger partial charge in [-0.15, -0.1) is 0 Å². The molecule has 0 aromatic rings. The number of carbonyl (C=O) groups excluding carboxylic acids is 2. The highest BCUT2D eigenvalue weighted by Crippen LogP contribution is 2.20. The van der Waals surface area contributed by atoms with Crippen molar-refractivity contribution < 1.29 is 14.3 Å². The van der Waals surface area contributed by atoms with Crippen LogP contribution in [0, 0.1) is 5.92 Å². The molecule has 0 aromatic heterocycles. The molecule has 2 saturated heterocycles. The van der Waals surface area contributed by atoms with Gasteiger partial charge in [0.15, 0.2) is 0 Å². The van der Waals surface area contributed by atoms with Crippen LogP contribution >= 0.6 is 0 Å². The molecule has 2 atom stereocenters. The summed E-state index contributed by atoms with van der Waals surface area (Å²) in [7, 11) is 0. The molecular weight excluding hydrogens is 308 g/mol. The highest BCUT2D eigenvalue weighted by Gasteiger charge is 2.27. The third-order valence-corrected chi connectivity index (χ3v) is 4.68. The zero-order chi connectivity index (χ0) is 17.5. The lowest BCUT2D eigenvalue weighted by molar-refractivity contribution is -0.121. The standard InChI is InChI=1S/C17H32N4O3/c1-4-18-17(23)19-16(22)12-20-7-5-15(6-8-20)11-21-9-13(2)24-14(3)10-21/h13-15H,4-12H2,1-3H3,(H2,18,19,22,23)/t13-,14-/m1/s1. The summed E-state index contributed by atoms with van der Waals surface area (Å²) in [5, 5.41) is 4.93. The maximum absolute atomic E-state index is 11.8. The number of amides is 3. The topological polar surface area (TPSA) is 73.9 Å². The molecule has 2 fully saturated rings. The first-order valence-electron chi connectivity index (χ1n) is 9.14. The fraction of sp³-hybridized carbons (Fsp3) is 0.882. The second kappa shape index (κ2) is 9.34. The predicted molar refractivity (Wildman–Crippen MR) is 92.8 cm³/mol. The van der Waals surface area contributed by atoms with Crippen LogP contribution in [0.25, 0.3) is 0 Å². The number of morpholine rings is 1. The Morgan fingerprint density at radius 3 is 2.29 bits per heavy atom. The van der Waals surface area contributed by atoms with Crippen LogP contribution < -0.4 is 10.6 Å². The van der Waals surface area contributed by atoms with Crippen LogP contribution in [0.2, 0.25) is 0 Å². The van der Waals surface area contributed by atoms with Crippen molar-refractivity contribution in [2.45, 2.75) is 45.8 Å². The number of hydrogen-bond donors (Lipinski definition) is 2. The van der Waals surface area contributed by atoms with Gasteiger partial charge < -0.3 is 10.1 Å². The van der Waals surface area contributed by atoms with Gasteiger partial charge in [-0.1, -0.05) is 0 Å². The van der Waals surface area contributed by atoms with Gasteiger partial charge in [-0.05, 0) is 52.6 Å². The molecule has 2 rings (SSSR count). The molecular formula is C17H32N4O3. The summed E-state index contributed by atoms with van der Waals surface area (Å²) in [6, 6.07) is -0.409. The number of rotatable bonds is 5. The summed E-state index contributed by atoms with van der Waals surface area (Å²) in [5.41, 5.74) is 0. The van der Waals surface area contributed by atoms with Gasteiger partial charge in [0.25, 0.3) is 0 Å². The highest BCUT2D eigenvalue weighted by atomic mass is 16.5. The number of ether oxygens (including phenoxy) is 1. The van der Waals surface area contributed by atoms with Crippen LogP contribution in [0.5, 0.6) is 0 Å². The van der Waals surface area contributed by atoms with E-state index < -0.39 is 6.03 Å². The van der Waals surface area contributed by atoms with Crippen LogP contribution in [0.15, 0.2) is 0 Å². The first-order chi connectivity index (χ1) is 11.5. The average molecular weight is 340 g/mol. The molecule has 0 bridgehead atoms. The Kier molecular flexibility index (Phi) is 7.45. The van der Waals surface area contributed by atoms with Crippen molar-refractivity contribution in [1.82, 2.24) is 20.4 Å². The third-order valence-electron chi connectivity index (χ3n) is 4.68. The Hall–Kier alpha value is -1.18. The van der Waals surface area contributed by atoms with Crippen LogP contribution in [0.3, 0.4) is 0 Å². The number of nitrogens with one attached hydrogen (secondary N) is 2. The molecule has 0 unspecified atom stereocenters. The van der Waals surface area contributed by atoms with Crippen molar-refractivity contribution in [3.05, 3.63) is 0 Å². The number of hydrogen-bond acceptors (Lipinski definition) is 5. The molecule has 0 aromatic carbocycles. The summed E-state index contributed by atoms with van der Waals surface area (Å²) >= 11 is 0. The zero-order valence-corrected chi connectivity index (χ0v) is 15.2. The van der Waals surface area contributed by atoms with Crippen LogP contribution in [0.4, 0.5) is 4.79 Å². The Labute approximate surface area is 145 Å². The Balaban J connectivity index is 1.66. The minimum atomic E-state index is -0.409. The lowest BCUT2D eigenvalue weighted by Gasteiger charge is -2.39. The van der Waals surface area contributed by atoms with Gasteiger partial charge in [-0.25, -0.2) is 4.79 Å². The molecule has 0 saturated carbocycles. The van der Waals surface area contributed by atoms with E-state index in [2.05, 4.69) is 34.3 Å². The minimum absolute atomic E-state index is 0.227. The van der Waals surface area contributed by atoms with E-state index in [1.165, 1.54) is 0 Å². The molecule has 2 aliphatic rings. The van der Waals surface area contributed by atoms with Crippen molar-refractivity contribution in [3.8, 4) is 0 Å². The van der Waals surface area contributed by atoms with E-state index in [9.17, 15) is 9.59 Å². The van der Waals surface area contributed by atoms with Crippen molar-refractivity contribution >= 4 is 11.9 Å². The van der Waals surface area contributed by atoms with E-state index in [4.69, 9.17) is 4.74 Å². The molecule has 0 aliphatic carbocycles. The minimum Gasteiger partial charge on any atom is -0.373 e. The molecule has 7 nitrogen and oxygen atoms in total. The molecule has 7 heteroatoms. The largest absolute Gasteiger partial charge is 0.373 e. The molecule has 138 valence electrons. The smallest absolute Gasteiger partial charge is 0.321 e. The predicted octanol–water partition coefficient (Wildman–Crippen LogP) is 0.653. The summed E-state index contributed by atoms with van der Waals surface area (Å²) in [6.07, 6.45) is 2.84. The number of imide groups is 1. The Morgan fingerprint density at radius 1 is 1.08 bits per heavy atom. The van der Waals surface area contributed by atoms with Crippen molar-refractivity contribution in [1.29, 1.82) is 0 Å². The van der Waals surface area contributed by atoms with Gasteiger partial charge in [-0.2, -0.15) is 0 Å². The fourth-order valence-electron chi connectivity index (χ4n) is 3.70. The number of urea groups is 1. The maximum atomic E-state index is 11.8. The van der Waals surface area contributed by atoms with Gasteiger partial charge in [0.1, 0.15) is 0 Å². The van der Waals surface area contributed by atoms with E-state index in [0.717, 1.165) is 45.6 Å². The van der Waals surface area contributed by atoms with Crippen LogP contribution in [-0.4, -0.2) is 79.8 Å². The number of nitrogens with zero attached hydrogens (tertiary/aromatic N) is 2. The summed E-state index contributed by atoms with van der Waals surface area (Å²) < 4.78 is 5.79. The lowest BCUT2D eigenvalue weighted by atomic mass is 9.95. The lowest BCUT2D eigenvalue weighted by Crippen LogP contribution is -2.49. The molecule has 2 heterocycles. The van der Waals surface area contributed by atoms with E-state index in [1.807, 2.05) is 6.92 Å². The SMILES string of the molecule is CCNC(=O)NC(=O)CN1CCC(CN2C[C@@H](C)O[C@H](C)C2)CC1. The molecule has 2 N–H and O–H groups in total. The van der Waals surface area contributed by atoms with Crippen LogP contribution in [0.1, 0.15) is 33.6 Å². The number of piperidine rings is 1. The molecule has 24 heavy (non-hydrogen) atoms. The van der Waals surface area contributed by atoms with E-state index >= 15 is 0 Å². The Bertz CT molecular complexity index is 414. The first-order valence-corrected chi connectivity index (χ1v) is 9.14. The monoisotopic (exact) mass is 340 g/mol. The van der Waals surface area contributed by atoms with E-state index in [0.29, 0.717) is 31.2 Å². The summed E-state index contributed by atoms with van der Waals surface area (Å²) in [6.45, 7) is 11.9. The van der Waals surface area contributed by atoms with Gasteiger partial charge in [-0.3, -0.25) is 19.9 Å². The van der Waals surface area contributed by atoms with Crippen LogP contribution in [-0.2, 0) is 9.53 Å². The van der Waals surface area contributed by atoms with Crippen molar-refractivity contribution in [3.63, 3.8) is 0 Å².